The zero-order valence-corrected chi connectivity index (χ0v) is 19.4. The number of carbonyl (C=O) groups is 3. The van der Waals surface area contributed by atoms with Gasteiger partial charge in [0.1, 0.15) is 24.2 Å². The average molecular weight is 449 g/mol. The molecule has 3 rings (SSSR count). The van der Waals surface area contributed by atoms with Crippen molar-refractivity contribution in [3.8, 4) is 0 Å². The Balaban J connectivity index is 2.08. The van der Waals surface area contributed by atoms with Crippen molar-refractivity contribution in [2.45, 2.75) is 69.7 Å². The highest BCUT2D eigenvalue weighted by Gasteiger charge is 2.79. The van der Waals surface area contributed by atoms with E-state index >= 15 is 0 Å². The molecule has 1 spiro atoms. The van der Waals surface area contributed by atoms with Crippen LogP contribution in [0.1, 0.15) is 46.5 Å². The van der Waals surface area contributed by atoms with Gasteiger partial charge in [0.2, 0.25) is 11.8 Å². The Morgan fingerprint density at radius 3 is 2.62 bits per heavy atom. The molecule has 0 saturated carbocycles. The number of nitrogens with zero attached hydrogens (tertiary/aromatic N) is 2. The van der Waals surface area contributed by atoms with E-state index in [0.717, 1.165) is 0 Å². The van der Waals surface area contributed by atoms with E-state index in [2.05, 4.69) is 13.2 Å². The van der Waals surface area contributed by atoms with Crippen molar-refractivity contribution < 1.29 is 29.0 Å². The van der Waals surface area contributed by atoms with Gasteiger partial charge in [-0.3, -0.25) is 14.4 Å². The first-order valence-corrected chi connectivity index (χ1v) is 11.5. The number of carbonyl (C=O) groups excluding carboxylic acids is 3. The Labute approximate surface area is 190 Å². The Morgan fingerprint density at radius 2 is 2.06 bits per heavy atom. The third-order valence-corrected chi connectivity index (χ3v) is 7.30. The zero-order chi connectivity index (χ0) is 23.7. The number of aliphatic hydroxyl groups is 1. The Hall–Kier alpha value is -2.19. The van der Waals surface area contributed by atoms with E-state index < -0.39 is 35.0 Å². The fourth-order valence-corrected chi connectivity index (χ4v) is 5.92. The predicted molar refractivity (Wildman–Crippen MR) is 118 cm³/mol. The molecule has 178 valence electrons. The van der Waals surface area contributed by atoms with Crippen LogP contribution in [0, 0.1) is 11.8 Å². The van der Waals surface area contributed by atoms with E-state index in [1.807, 2.05) is 20.8 Å². The summed E-state index contributed by atoms with van der Waals surface area (Å²) in [6.45, 7) is 13.7. The third-order valence-electron chi connectivity index (χ3n) is 7.30. The highest BCUT2D eigenvalue weighted by atomic mass is 16.6. The van der Waals surface area contributed by atoms with Gasteiger partial charge < -0.3 is 24.4 Å². The van der Waals surface area contributed by atoms with Gasteiger partial charge in [0.25, 0.3) is 0 Å². The van der Waals surface area contributed by atoms with Crippen molar-refractivity contribution >= 4 is 17.8 Å². The Bertz CT molecular complexity index is 782. The molecule has 0 radical (unpaired) electrons. The maximum atomic E-state index is 13.9. The first-order chi connectivity index (χ1) is 15.2. The molecule has 2 unspecified atom stereocenters. The van der Waals surface area contributed by atoms with Gasteiger partial charge in [0.15, 0.2) is 0 Å². The van der Waals surface area contributed by atoms with Crippen molar-refractivity contribution in [3.63, 3.8) is 0 Å². The number of esters is 1. The minimum absolute atomic E-state index is 0.0556. The molecule has 3 heterocycles. The molecule has 2 bridgehead atoms. The number of hydrogen-bond donors (Lipinski definition) is 1. The number of rotatable bonds is 11. The van der Waals surface area contributed by atoms with Crippen molar-refractivity contribution in [2.75, 3.05) is 26.3 Å². The molecule has 3 saturated heterocycles. The Kier molecular flexibility index (Phi) is 7.15. The second-order valence-corrected chi connectivity index (χ2v) is 9.23. The third kappa shape index (κ3) is 3.57. The first-order valence-electron chi connectivity index (χ1n) is 11.5. The minimum atomic E-state index is -1.08. The highest BCUT2D eigenvalue weighted by Crippen LogP contribution is 2.64. The molecule has 32 heavy (non-hydrogen) atoms. The fraction of sp³-hybridized carbons (Fsp3) is 0.708. The summed E-state index contributed by atoms with van der Waals surface area (Å²) in [4.78, 5) is 43.9. The van der Waals surface area contributed by atoms with Crippen LogP contribution in [0.3, 0.4) is 0 Å². The molecular weight excluding hydrogens is 412 g/mol. The van der Waals surface area contributed by atoms with Crippen LogP contribution in [0.15, 0.2) is 25.3 Å². The molecule has 1 N–H and O–H groups in total. The average Bonchev–Trinajstić information content (AvgIpc) is 3.37. The van der Waals surface area contributed by atoms with Gasteiger partial charge in [0, 0.05) is 25.7 Å². The quantitative estimate of drug-likeness (QED) is 0.382. The summed E-state index contributed by atoms with van der Waals surface area (Å²) >= 11 is 0. The van der Waals surface area contributed by atoms with Gasteiger partial charge in [-0.2, -0.15) is 0 Å². The standard InChI is InChI=1S/C24H36N2O6/c1-6-12-25(16(4)5)21(29)19-24-11-10-23(8-3,32-24)18(22(30)31-15-7-2)17(24)20(28)26(19)13-9-14-27/h6-7,16-19,27H,1-2,8-15H2,3-5H3/t17-,18-,19?,23+,24?/m0/s1. The second-order valence-electron chi connectivity index (χ2n) is 9.23. The van der Waals surface area contributed by atoms with E-state index in [9.17, 15) is 19.5 Å². The monoisotopic (exact) mass is 448 g/mol. The lowest BCUT2D eigenvalue weighted by Gasteiger charge is -2.38. The largest absolute Gasteiger partial charge is 0.461 e. The maximum absolute atomic E-state index is 13.9. The van der Waals surface area contributed by atoms with E-state index in [-0.39, 0.29) is 37.6 Å². The van der Waals surface area contributed by atoms with E-state index in [4.69, 9.17) is 9.47 Å². The number of likely N-dealkylation sites (tertiary alicyclic amines) is 1. The number of fused-ring (bicyclic) bond motifs is 1. The van der Waals surface area contributed by atoms with Crippen molar-refractivity contribution in [1.82, 2.24) is 9.80 Å². The second kappa shape index (κ2) is 9.35. The van der Waals surface area contributed by atoms with Gasteiger partial charge in [-0.05, 0) is 39.5 Å². The molecule has 0 aromatic heterocycles. The van der Waals surface area contributed by atoms with Crippen LogP contribution in [0.25, 0.3) is 0 Å². The number of aliphatic hydroxyl groups excluding tert-OH is 1. The number of ether oxygens (including phenoxy) is 2. The molecule has 3 aliphatic heterocycles. The Morgan fingerprint density at radius 1 is 1.34 bits per heavy atom. The SMILES string of the molecule is C=CCOC(=O)[C@@H]1[C@H]2C(=O)N(CCCO)C(C(=O)N(CC=C)C(C)C)C23CC[C@@]1(CC)O3. The number of hydrogen-bond acceptors (Lipinski definition) is 6. The summed E-state index contributed by atoms with van der Waals surface area (Å²) < 4.78 is 12.0. The summed E-state index contributed by atoms with van der Waals surface area (Å²) in [5, 5.41) is 9.41. The topological polar surface area (TPSA) is 96.4 Å². The van der Waals surface area contributed by atoms with Crippen molar-refractivity contribution in [3.05, 3.63) is 25.3 Å². The van der Waals surface area contributed by atoms with Crippen molar-refractivity contribution in [2.24, 2.45) is 11.8 Å². The van der Waals surface area contributed by atoms with Gasteiger partial charge in [-0.15, -0.1) is 6.58 Å². The van der Waals surface area contributed by atoms with Gasteiger partial charge in [-0.1, -0.05) is 25.7 Å². The van der Waals surface area contributed by atoms with E-state index in [0.29, 0.717) is 32.2 Å². The van der Waals surface area contributed by atoms with Crippen molar-refractivity contribution in [1.29, 1.82) is 0 Å². The van der Waals surface area contributed by atoms with Crippen LogP contribution in [0.5, 0.6) is 0 Å². The lowest BCUT2D eigenvalue weighted by Crippen LogP contribution is -2.57. The van der Waals surface area contributed by atoms with Crippen LogP contribution in [-0.4, -0.2) is 82.3 Å². The summed E-state index contributed by atoms with van der Waals surface area (Å²) in [6, 6.07) is -0.947. The molecule has 8 nitrogen and oxygen atoms in total. The molecule has 3 aliphatic rings. The van der Waals surface area contributed by atoms with Crippen LogP contribution in [0.4, 0.5) is 0 Å². The molecule has 0 aromatic rings. The molecule has 2 amide bonds. The molecular formula is C24H36N2O6. The van der Waals surface area contributed by atoms with Crippen LogP contribution in [0.2, 0.25) is 0 Å². The molecule has 5 atom stereocenters. The fourth-order valence-electron chi connectivity index (χ4n) is 5.92. The molecule has 8 heteroatoms. The summed E-state index contributed by atoms with van der Waals surface area (Å²) in [5.41, 5.74) is -1.90. The smallest absolute Gasteiger partial charge is 0.313 e. The van der Waals surface area contributed by atoms with Crippen LogP contribution >= 0.6 is 0 Å². The predicted octanol–water partition coefficient (Wildman–Crippen LogP) is 1.68. The van der Waals surface area contributed by atoms with Crippen LogP contribution < -0.4 is 0 Å². The van der Waals surface area contributed by atoms with Gasteiger partial charge >= 0.3 is 5.97 Å². The lowest BCUT2D eigenvalue weighted by molar-refractivity contribution is -0.161. The summed E-state index contributed by atoms with van der Waals surface area (Å²) in [7, 11) is 0. The summed E-state index contributed by atoms with van der Waals surface area (Å²) in [5.74, 6) is -2.50. The zero-order valence-electron chi connectivity index (χ0n) is 19.4. The van der Waals surface area contributed by atoms with E-state index in [1.54, 1.807) is 11.0 Å². The van der Waals surface area contributed by atoms with Gasteiger partial charge in [0.05, 0.1) is 11.5 Å². The maximum Gasteiger partial charge on any atom is 0.313 e. The van der Waals surface area contributed by atoms with Crippen LogP contribution in [-0.2, 0) is 23.9 Å². The number of amides is 2. The lowest BCUT2D eigenvalue weighted by atomic mass is 9.65. The highest BCUT2D eigenvalue weighted by molar-refractivity contribution is 5.98. The summed E-state index contributed by atoms with van der Waals surface area (Å²) in [6.07, 6.45) is 5.15. The minimum Gasteiger partial charge on any atom is -0.461 e. The normalized spacial score (nSPS) is 32.8. The molecule has 0 aliphatic carbocycles. The molecule has 3 fully saturated rings. The first kappa shape index (κ1) is 24.5. The molecule has 0 aromatic carbocycles. The van der Waals surface area contributed by atoms with Gasteiger partial charge in [-0.25, -0.2) is 0 Å². The van der Waals surface area contributed by atoms with E-state index in [1.165, 1.54) is 11.0 Å².